The maximum atomic E-state index is 6.05. The fraction of sp³-hybridized carbons (Fsp3) is 0.250. The third-order valence-corrected chi connectivity index (χ3v) is 4.63. The second-order valence-corrected chi connectivity index (χ2v) is 6.54. The molecule has 5 nitrogen and oxygen atoms in total. The molecule has 1 aliphatic rings. The molecule has 0 spiro atoms. The zero-order valence-electron chi connectivity index (χ0n) is 9.88. The minimum Gasteiger partial charge on any atom is -0.398 e. The molecule has 0 unspecified atom stereocenters. The summed E-state index contributed by atoms with van der Waals surface area (Å²) in [6.07, 6.45) is 2.38. The number of nitrogen functional groups attached to an aromatic ring is 1. The van der Waals surface area contributed by atoms with E-state index in [4.69, 9.17) is 5.73 Å². The normalized spacial score (nSPS) is 15.2. The molecule has 4 rings (SSSR count). The van der Waals surface area contributed by atoms with Gasteiger partial charge in [-0.1, -0.05) is 27.3 Å². The van der Waals surface area contributed by atoms with Gasteiger partial charge < -0.3 is 5.73 Å². The minimum absolute atomic E-state index is 0.534. The van der Waals surface area contributed by atoms with Crippen LogP contribution in [0, 0.1) is 0 Å². The van der Waals surface area contributed by atoms with Crippen molar-refractivity contribution in [3.8, 4) is 10.6 Å². The molecule has 0 radical (unpaired) electrons. The summed E-state index contributed by atoms with van der Waals surface area (Å²) in [6, 6.07) is 5.83. The second-order valence-electron chi connectivity index (χ2n) is 4.67. The smallest absolute Gasteiger partial charge is 0.234 e. The topological polar surface area (TPSA) is 69.1 Å². The molecule has 0 amide bonds. The average Bonchev–Trinajstić information content (AvgIpc) is 2.99. The lowest BCUT2D eigenvalue weighted by Gasteiger charge is -2.01. The van der Waals surface area contributed by atoms with Gasteiger partial charge >= 0.3 is 0 Å². The van der Waals surface area contributed by atoms with Gasteiger partial charge in [-0.05, 0) is 31.0 Å². The molecule has 96 valence electrons. The van der Waals surface area contributed by atoms with Crippen LogP contribution < -0.4 is 5.73 Å². The number of nitrogens with zero attached hydrogens (tertiary/aromatic N) is 4. The van der Waals surface area contributed by atoms with E-state index >= 15 is 0 Å². The van der Waals surface area contributed by atoms with Crippen LogP contribution in [0.1, 0.15) is 24.6 Å². The molecule has 2 N–H and O–H groups in total. The van der Waals surface area contributed by atoms with Crippen molar-refractivity contribution in [3.05, 3.63) is 28.5 Å². The van der Waals surface area contributed by atoms with Crippen molar-refractivity contribution in [2.45, 2.75) is 18.8 Å². The van der Waals surface area contributed by atoms with Gasteiger partial charge in [-0.15, -0.1) is 10.2 Å². The van der Waals surface area contributed by atoms with Gasteiger partial charge in [-0.25, -0.2) is 0 Å². The Balaban J connectivity index is 1.86. The standard InChI is InChI=1S/C12H10BrN5S/c13-7-3-4-8(9(14)5-7)11-17-18-10(6-1-2-6)15-16-12(18)19-11/h3-6H,1-2,14H2. The molecular formula is C12H10BrN5S. The third kappa shape index (κ3) is 1.84. The van der Waals surface area contributed by atoms with Crippen molar-refractivity contribution in [2.75, 3.05) is 5.73 Å². The Hall–Kier alpha value is -1.47. The molecule has 0 atom stereocenters. The van der Waals surface area contributed by atoms with E-state index in [0.29, 0.717) is 11.6 Å². The Morgan fingerprint density at radius 3 is 2.89 bits per heavy atom. The zero-order chi connectivity index (χ0) is 13.0. The van der Waals surface area contributed by atoms with Crippen LogP contribution in [-0.4, -0.2) is 19.8 Å². The summed E-state index contributed by atoms with van der Waals surface area (Å²) in [7, 11) is 0. The van der Waals surface area contributed by atoms with Crippen LogP contribution in [0.4, 0.5) is 5.69 Å². The summed E-state index contributed by atoms with van der Waals surface area (Å²) in [5, 5.41) is 13.9. The largest absolute Gasteiger partial charge is 0.398 e. The van der Waals surface area contributed by atoms with Gasteiger partial charge in [0.05, 0.1) is 0 Å². The van der Waals surface area contributed by atoms with Crippen LogP contribution in [-0.2, 0) is 0 Å². The predicted octanol–water partition coefficient (Wildman–Crippen LogP) is 3.07. The van der Waals surface area contributed by atoms with E-state index < -0.39 is 0 Å². The van der Waals surface area contributed by atoms with E-state index in [9.17, 15) is 0 Å². The van der Waals surface area contributed by atoms with Gasteiger partial charge in [-0.2, -0.15) is 9.61 Å². The number of fused-ring (bicyclic) bond motifs is 1. The Morgan fingerprint density at radius 1 is 1.32 bits per heavy atom. The fourth-order valence-electron chi connectivity index (χ4n) is 2.07. The van der Waals surface area contributed by atoms with Crippen LogP contribution in [0.2, 0.25) is 0 Å². The van der Waals surface area contributed by atoms with Gasteiger partial charge in [-0.3, -0.25) is 0 Å². The third-order valence-electron chi connectivity index (χ3n) is 3.20. The number of aromatic nitrogens is 4. The molecule has 0 aliphatic heterocycles. The monoisotopic (exact) mass is 335 g/mol. The summed E-state index contributed by atoms with van der Waals surface area (Å²) >= 11 is 4.93. The minimum atomic E-state index is 0.534. The van der Waals surface area contributed by atoms with Crippen molar-refractivity contribution >= 4 is 37.9 Å². The highest BCUT2D eigenvalue weighted by molar-refractivity contribution is 9.10. The lowest BCUT2D eigenvalue weighted by atomic mass is 10.2. The molecule has 7 heteroatoms. The molecule has 0 bridgehead atoms. The van der Waals surface area contributed by atoms with Crippen molar-refractivity contribution in [1.29, 1.82) is 0 Å². The van der Waals surface area contributed by atoms with E-state index in [2.05, 4.69) is 31.2 Å². The molecule has 2 aromatic heterocycles. The van der Waals surface area contributed by atoms with Crippen LogP contribution in [0.25, 0.3) is 15.5 Å². The van der Waals surface area contributed by atoms with Gasteiger partial charge in [0, 0.05) is 21.6 Å². The van der Waals surface area contributed by atoms with E-state index in [1.165, 1.54) is 24.2 Å². The predicted molar refractivity (Wildman–Crippen MR) is 78.2 cm³/mol. The van der Waals surface area contributed by atoms with Crippen LogP contribution in [0.5, 0.6) is 0 Å². The number of nitrogens with two attached hydrogens (primary N) is 1. The number of halogens is 1. The first-order valence-corrected chi connectivity index (χ1v) is 7.61. The van der Waals surface area contributed by atoms with Gasteiger partial charge in [0.2, 0.25) is 4.96 Å². The van der Waals surface area contributed by atoms with Gasteiger partial charge in [0.25, 0.3) is 0 Å². The molecule has 0 saturated heterocycles. The second kappa shape index (κ2) is 4.01. The first-order valence-electron chi connectivity index (χ1n) is 6.00. The summed E-state index contributed by atoms with van der Waals surface area (Å²) in [4.78, 5) is 0.833. The maximum Gasteiger partial charge on any atom is 0.234 e. The van der Waals surface area contributed by atoms with Gasteiger partial charge in [0.15, 0.2) is 5.82 Å². The van der Waals surface area contributed by atoms with Crippen LogP contribution in [0.3, 0.4) is 0 Å². The van der Waals surface area contributed by atoms with Crippen LogP contribution in [0.15, 0.2) is 22.7 Å². The molecular weight excluding hydrogens is 326 g/mol. The van der Waals surface area contributed by atoms with E-state index in [0.717, 1.165) is 25.8 Å². The molecule has 19 heavy (non-hydrogen) atoms. The SMILES string of the molecule is Nc1cc(Br)ccc1-c1nn2c(C3CC3)nnc2s1. The van der Waals surface area contributed by atoms with E-state index in [-0.39, 0.29) is 0 Å². The van der Waals surface area contributed by atoms with E-state index in [1.807, 2.05) is 22.7 Å². The number of hydrogen-bond donors (Lipinski definition) is 1. The van der Waals surface area contributed by atoms with Crippen molar-refractivity contribution in [1.82, 2.24) is 19.8 Å². The highest BCUT2D eigenvalue weighted by atomic mass is 79.9. The molecule has 2 heterocycles. The average molecular weight is 336 g/mol. The molecule has 1 saturated carbocycles. The summed E-state index contributed by atoms with van der Waals surface area (Å²) in [5.41, 5.74) is 7.71. The fourth-order valence-corrected chi connectivity index (χ4v) is 3.34. The Morgan fingerprint density at radius 2 is 2.16 bits per heavy atom. The Labute approximate surface area is 121 Å². The first-order chi connectivity index (χ1) is 9.22. The summed E-state index contributed by atoms with van der Waals surface area (Å²) < 4.78 is 2.83. The van der Waals surface area contributed by atoms with Crippen LogP contribution >= 0.6 is 27.3 Å². The highest BCUT2D eigenvalue weighted by Crippen LogP contribution is 2.40. The number of anilines is 1. The lowest BCUT2D eigenvalue weighted by Crippen LogP contribution is -1.94. The first kappa shape index (κ1) is 11.4. The molecule has 3 aromatic rings. The highest BCUT2D eigenvalue weighted by Gasteiger charge is 2.30. The number of benzene rings is 1. The van der Waals surface area contributed by atoms with Gasteiger partial charge in [0.1, 0.15) is 5.01 Å². The number of rotatable bonds is 2. The quantitative estimate of drug-likeness (QED) is 0.730. The van der Waals surface area contributed by atoms with E-state index in [1.54, 1.807) is 0 Å². The Bertz CT molecular complexity index is 774. The molecule has 1 fully saturated rings. The van der Waals surface area contributed by atoms with Crippen molar-refractivity contribution in [3.63, 3.8) is 0 Å². The summed E-state index contributed by atoms with van der Waals surface area (Å²) in [5.74, 6) is 1.51. The number of hydrogen-bond acceptors (Lipinski definition) is 5. The molecule has 1 aliphatic carbocycles. The maximum absolute atomic E-state index is 6.05. The molecule has 1 aromatic carbocycles. The Kier molecular flexibility index (Phi) is 2.40. The summed E-state index contributed by atoms with van der Waals surface area (Å²) in [6.45, 7) is 0. The van der Waals surface area contributed by atoms with Crippen molar-refractivity contribution in [2.24, 2.45) is 0 Å². The zero-order valence-corrected chi connectivity index (χ0v) is 12.3. The van der Waals surface area contributed by atoms with Crippen molar-refractivity contribution < 1.29 is 0 Å². The lowest BCUT2D eigenvalue weighted by molar-refractivity contribution is 0.828.